The van der Waals surface area contributed by atoms with E-state index in [-0.39, 0.29) is 18.4 Å². The van der Waals surface area contributed by atoms with Gasteiger partial charge in [-0.15, -0.1) is 5.10 Å². The Kier molecular flexibility index (Phi) is 3.88. The Hall–Kier alpha value is -2.67. The number of benzene rings is 1. The zero-order valence-corrected chi connectivity index (χ0v) is 12.5. The van der Waals surface area contributed by atoms with Crippen molar-refractivity contribution >= 4 is 23.5 Å². The highest BCUT2D eigenvalue weighted by molar-refractivity contribution is 6.30. The molecule has 2 N–H and O–H groups in total. The van der Waals surface area contributed by atoms with Gasteiger partial charge >= 0.3 is 0 Å². The first-order valence-corrected chi connectivity index (χ1v) is 6.95. The van der Waals surface area contributed by atoms with Gasteiger partial charge in [0.05, 0.1) is 6.20 Å². The number of carbonyl (C=O) groups excluding carboxylic acids is 1. The molecule has 0 saturated carbocycles. The Morgan fingerprint density at radius 3 is 3.05 bits per heavy atom. The number of aromatic amines is 1. The van der Waals surface area contributed by atoms with Crippen LogP contribution in [0.25, 0.3) is 11.4 Å². The third-order valence-electron chi connectivity index (χ3n) is 2.90. The average molecular weight is 317 g/mol. The summed E-state index contributed by atoms with van der Waals surface area (Å²) in [4.78, 5) is 16.1. The number of aromatic nitrogens is 5. The van der Waals surface area contributed by atoms with Gasteiger partial charge in [-0.05, 0) is 24.6 Å². The second-order valence-corrected chi connectivity index (χ2v) is 5.22. The maximum atomic E-state index is 11.9. The number of hydrogen-bond donors (Lipinski definition) is 2. The van der Waals surface area contributed by atoms with E-state index < -0.39 is 0 Å². The number of nitrogens with zero attached hydrogens (tertiary/aromatic N) is 4. The summed E-state index contributed by atoms with van der Waals surface area (Å²) >= 11 is 5.94. The quantitative estimate of drug-likeness (QED) is 0.772. The minimum atomic E-state index is -0.250. The lowest BCUT2D eigenvalue weighted by Crippen LogP contribution is -2.19. The first-order valence-electron chi connectivity index (χ1n) is 6.57. The molecule has 0 bridgehead atoms. The molecule has 2 heterocycles. The summed E-state index contributed by atoms with van der Waals surface area (Å²) in [5.74, 6) is 0.497. The normalized spacial score (nSPS) is 10.6. The van der Waals surface area contributed by atoms with Crippen LogP contribution in [0.3, 0.4) is 0 Å². The number of aryl methyl sites for hydroxylation is 1. The van der Waals surface area contributed by atoms with Crippen LogP contribution in [0.15, 0.2) is 36.7 Å². The number of amides is 1. The van der Waals surface area contributed by atoms with Crippen molar-refractivity contribution in [2.75, 3.05) is 5.32 Å². The monoisotopic (exact) mass is 316 g/mol. The van der Waals surface area contributed by atoms with E-state index in [0.717, 1.165) is 11.1 Å². The summed E-state index contributed by atoms with van der Waals surface area (Å²) in [5.41, 5.74) is 1.79. The van der Waals surface area contributed by atoms with Crippen molar-refractivity contribution < 1.29 is 4.79 Å². The van der Waals surface area contributed by atoms with Crippen LogP contribution in [0.4, 0.5) is 5.95 Å². The average Bonchev–Trinajstić information content (AvgIpc) is 3.08. The molecule has 0 fully saturated rings. The molecule has 0 saturated heterocycles. The van der Waals surface area contributed by atoms with Crippen LogP contribution >= 0.6 is 11.6 Å². The van der Waals surface area contributed by atoms with Crippen molar-refractivity contribution in [2.45, 2.75) is 13.5 Å². The first kappa shape index (κ1) is 14.3. The van der Waals surface area contributed by atoms with E-state index in [9.17, 15) is 4.79 Å². The fourth-order valence-corrected chi connectivity index (χ4v) is 2.14. The maximum absolute atomic E-state index is 11.9. The Bertz CT molecular complexity index is 809. The molecular formula is C14H13ClN6O. The highest BCUT2D eigenvalue weighted by Gasteiger charge is 2.10. The van der Waals surface area contributed by atoms with E-state index in [2.05, 4.69) is 25.6 Å². The van der Waals surface area contributed by atoms with E-state index in [1.807, 2.05) is 19.1 Å². The molecule has 3 rings (SSSR count). The number of H-pyrrole nitrogens is 1. The number of carbonyl (C=O) groups is 1. The van der Waals surface area contributed by atoms with Crippen molar-refractivity contribution in [1.29, 1.82) is 0 Å². The Morgan fingerprint density at radius 2 is 2.32 bits per heavy atom. The molecule has 0 unspecified atom stereocenters. The van der Waals surface area contributed by atoms with Gasteiger partial charge in [-0.2, -0.15) is 10.1 Å². The molecule has 1 amide bonds. The molecule has 3 aromatic rings. The SMILES string of the molecule is Cc1cnn(CC(=O)Nc2n[nH]c(-c3cccc(Cl)c3)n2)c1. The number of hydrogen-bond acceptors (Lipinski definition) is 4. The molecule has 2 aromatic heterocycles. The summed E-state index contributed by atoms with van der Waals surface area (Å²) in [5, 5.41) is 14.0. The smallest absolute Gasteiger partial charge is 0.249 e. The van der Waals surface area contributed by atoms with E-state index in [4.69, 9.17) is 11.6 Å². The van der Waals surface area contributed by atoms with E-state index >= 15 is 0 Å². The summed E-state index contributed by atoms with van der Waals surface area (Å²) in [6, 6.07) is 7.21. The molecule has 0 aliphatic rings. The topological polar surface area (TPSA) is 88.5 Å². The summed E-state index contributed by atoms with van der Waals surface area (Å²) in [7, 11) is 0. The minimum absolute atomic E-state index is 0.106. The summed E-state index contributed by atoms with van der Waals surface area (Å²) in [6.07, 6.45) is 3.48. The standard InChI is InChI=1S/C14H13ClN6O/c1-9-6-16-21(7-9)8-12(22)17-14-18-13(19-20-14)10-3-2-4-11(15)5-10/h2-7H,8H2,1H3,(H2,17,18,19,20,22). The van der Waals surface area contributed by atoms with Gasteiger partial charge in [-0.1, -0.05) is 23.7 Å². The van der Waals surface area contributed by atoms with Gasteiger partial charge in [0.2, 0.25) is 11.9 Å². The van der Waals surface area contributed by atoms with Crippen molar-refractivity contribution in [2.24, 2.45) is 0 Å². The van der Waals surface area contributed by atoms with Crippen LogP contribution in [0.2, 0.25) is 5.02 Å². The molecule has 112 valence electrons. The number of nitrogens with one attached hydrogen (secondary N) is 2. The van der Waals surface area contributed by atoms with E-state index in [0.29, 0.717) is 10.8 Å². The molecule has 22 heavy (non-hydrogen) atoms. The summed E-state index contributed by atoms with van der Waals surface area (Å²) < 4.78 is 1.55. The zero-order valence-electron chi connectivity index (χ0n) is 11.7. The van der Waals surface area contributed by atoms with Crippen LogP contribution in [0, 0.1) is 6.92 Å². The Labute approximate surface area is 131 Å². The number of halogens is 1. The van der Waals surface area contributed by atoms with E-state index in [1.165, 1.54) is 0 Å². The fourth-order valence-electron chi connectivity index (χ4n) is 1.95. The van der Waals surface area contributed by atoms with E-state index in [1.54, 1.807) is 29.2 Å². The van der Waals surface area contributed by atoms with Crippen LogP contribution in [0.1, 0.15) is 5.56 Å². The van der Waals surface area contributed by atoms with Gasteiger partial charge in [0.1, 0.15) is 6.54 Å². The maximum Gasteiger partial charge on any atom is 0.249 e. The lowest BCUT2D eigenvalue weighted by Gasteiger charge is -2.00. The van der Waals surface area contributed by atoms with Crippen molar-refractivity contribution in [3.8, 4) is 11.4 Å². The number of anilines is 1. The lowest BCUT2D eigenvalue weighted by atomic mass is 10.2. The number of rotatable bonds is 4. The lowest BCUT2D eigenvalue weighted by molar-refractivity contribution is -0.116. The third-order valence-corrected chi connectivity index (χ3v) is 3.14. The van der Waals surface area contributed by atoms with Crippen LogP contribution in [-0.2, 0) is 11.3 Å². The van der Waals surface area contributed by atoms with Gasteiger partial charge in [0.15, 0.2) is 5.82 Å². The predicted molar refractivity (Wildman–Crippen MR) is 82.4 cm³/mol. The first-order chi connectivity index (χ1) is 10.6. The highest BCUT2D eigenvalue weighted by atomic mass is 35.5. The van der Waals surface area contributed by atoms with Crippen molar-refractivity contribution in [3.63, 3.8) is 0 Å². The Balaban J connectivity index is 1.67. The van der Waals surface area contributed by atoms with Gasteiger partial charge in [0, 0.05) is 16.8 Å². The molecular weight excluding hydrogens is 304 g/mol. The zero-order chi connectivity index (χ0) is 15.5. The van der Waals surface area contributed by atoms with Gasteiger partial charge < -0.3 is 0 Å². The Morgan fingerprint density at radius 1 is 1.45 bits per heavy atom. The van der Waals surface area contributed by atoms with Crippen LogP contribution in [-0.4, -0.2) is 30.9 Å². The molecule has 0 aliphatic heterocycles. The molecule has 0 spiro atoms. The van der Waals surface area contributed by atoms with Gasteiger partial charge in [-0.25, -0.2) is 0 Å². The fraction of sp³-hybridized carbons (Fsp3) is 0.143. The third kappa shape index (κ3) is 3.32. The molecule has 7 nitrogen and oxygen atoms in total. The predicted octanol–water partition coefficient (Wildman–Crippen LogP) is 2.27. The second kappa shape index (κ2) is 5.98. The molecule has 0 atom stereocenters. The van der Waals surface area contributed by atoms with Crippen LogP contribution in [0.5, 0.6) is 0 Å². The molecule has 1 aromatic carbocycles. The molecule has 8 heteroatoms. The van der Waals surface area contributed by atoms with Crippen LogP contribution < -0.4 is 5.32 Å². The molecule has 0 aliphatic carbocycles. The largest absolute Gasteiger partial charge is 0.292 e. The van der Waals surface area contributed by atoms with Gasteiger partial charge in [0.25, 0.3) is 0 Å². The second-order valence-electron chi connectivity index (χ2n) is 4.78. The highest BCUT2D eigenvalue weighted by Crippen LogP contribution is 2.19. The van der Waals surface area contributed by atoms with Crippen molar-refractivity contribution in [1.82, 2.24) is 25.0 Å². The minimum Gasteiger partial charge on any atom is -0.292 e. The van der Waals surface area contributed by atoms with Crippen molar-refractivity contribution in [3.05, 3.63) is 47.2 Å². The summed E-state index contributed by atoms with van der Waals surface area (Å²) in [6.45, 7) is 2.02. The van der Waals surface area contributed by atoms with Gasteiger partial charge in [-0.3, -0.25) is 19.9 Å². The molecule has 0 radical (unpaired) electrons.